The molecule has 118 valence electrons. The van der Waals surface area contributed by atoms with Crippen LogP contribution in [0.2, 0.25) is 0 Å². The Morgan fingerprint density at radius 3 is 2.50 bits per heavy atom. The summed E-state index contributed by atoms with van der Waals surface area (Å²) in [6, 6.07) is 17.7. The van der Waals surface area contributed by atoms with Crippen molar-refractivity contribution in [3.8, 4) is 5.75 Å². The van der Waals surface area contributed by atoms with Crippen LogP contribution in [-0.4, -0.2) is 17.3 Å². The highest BCUT2D eigenvalue weighted by atomic mass is 32.1. The van der Waals surface area contributed by atoms with Crippen LogP contribution in [0, 0.1) is 0 Å². The predicted molar refractivity (Wildman–Crippen MR) is 95.5 cm³/mol. The fourth-order valence-corrected chi connectivity index (χ4v) is 3.92. The number of aromatic nitrogens is 1. The molecule has 4 nitrogen and oxygen atoms in total. The van der Waals surface area contributed by atoms with Crippen LogP contribution in [0.3, 0.4) is 0 Å². The molecule has 2 aromatic heterocycles. The number of hydrogen-bond acceptors (Lipinski definition) is 4. The molecule has 0 bridgehead atoms. The lowest BCUT2D eigenvalue weighted by atomic mass is 10.0. The number of hydrogen-bond donors (Lipinski definition) is 0. The minimum absolute atomic E-state index is 0.110. The topological polar surface area (TPSA) is 47.8 Å². The number of methoxy groups -OCH3 is 1. The number of ether oxygens (including phenoxy) is 1. The lowest BCUT2D eigenvalue weighted by Crippen LogP contribution is -2.14. The molecule has 0 unspecified atom stereocenters. The largest absolute Gasteiger partial charge is 0.497 e. The third kappa shape index (κ3) is 2.21. The molecule has 0 spiro atoms. The molecule has 2 heterocycles. The van der Waals surface area contributed by atoms with Gasteiger partial charge in [-0.3, -0.25) is 14.0 Å². The molecule has 0 aliphatic heterocycles. The first-order valence-electron chi connectivity index (χ1n) is 7.41. The number of benzene rings is 2. The first-order valence-corrected chi connectivity index (χ1v) is 8.23. The second kappa shape index (κ2) is 5.62. The van der Waals surface area contributed by atoms with Gasteiger partial charge in [0.2, 0.25) is 0 Å². The molecule has 4 aromatic rings. The molecule has 0 radical (unpaired) electrons. The van der Waals surface area contributed by atoms with E-state index in [1.807, 2.05) is 24.3 Å². The van der Waals surface area contributed by atoms with Crippen molar-refractivity contribution in [2.75, 3.05) is 7.11 Å². The minimum atomic E-state index is -0.131. The summed E-state index contributed by atoms with van der Waals surface area (Å²) in [5.41, 5.74) is 1.79. The van der Waals surface area contributed by atoms with Crippen LogP contribution in [-0.2, 0) is 0 Å². The van der Waals surface area contributed by atoms with Crippen LogP contribution < -0.4 is 10.3 Å². The van der Waals surface area contributed by atoms with Crippen molar-refractivity contribution in [3.63, 3.8) is 0 Å². The number of carbonyl (C=O) groups is 1. The van der Waals surface area contributed by atoms with Crippen molar-refractivity contribution < 1.29 is 9.53 Å². The zero-order valence-electron chi connectivity index (χ0n) is 12.9. The molecule has 0 aliphatic carbocycles. The van der Waals surface area contributed by atoms with Gasteiger partial charge in [-0.25, -0.2) is 0 Å². The van der Waals surface area contributed by atoms with E-state index in [1.54, 1.807) is 41.8 Å². The summed E-state index contributed by atoms with van der Waals surface area (Å²) in [5, 5.41) is 0. The predicted octanol–water partition coefficient (Wildman–Crippen LogP) is 3.75. The molecule has 2 aromatic carbocycles. The average molecular weight is 335 g/mol. The molecular formula is C19H13NO3S. The monoisotopic (exact) mass is 335 g/mol. The molecule has 0 fully saturated rings. The van der Waals surface area contributed by atoms with Gasteiger partial charge in [0.25, 0.3) is 5.56 Å². The molecule has 0 aliphatic rings. The summed E-state index contributed by atoms with van der Waals surface area (Å²) >= 11 is 1.45. The summed E-state index contributed by atoms with van der Waals surface area (Å²) in [6.07, 6.45) is 0. The number of para-hydroxylation sites is 1. The molecular weight excluding hydrogens is 322 g/mol. The van der Waals surface area contributed by atoms with E-state index < -0.39 is 0 Å². The van der Waals surface area contributed by atoms with Crippen LogP contribution in [0.1, 0.15) is 15.9 Å². The van der Waals surface area contributed by atoms with E-state index in [1.165, 1.54) is 17.4 Å². The number of pyridine rings is 1. The van der Waals surface area contributed by atoms with Gasteiger partial charge in [-0.15, -0.1) is 11.3 Å². The highest BCUT2D eigenvalue weighted by molar-refractivity contribution is 7.24. The normalized spacial score (nSPS) is 11.0. The van der Waals surface area contributed by atoms with Gasteiger partial charge in [0.1, 0.15) is 10.6 Å². The summed E-state index contributed by atoms with van der Waals surface area (Å²) in [4.78, 5) is 25.9. The second-order valence-electron chi connectivity index (χ2n) is 5.35. The van der Waals surface area contributed by atoms with Crippen molar-refractivity contribution in [3.05, 3.63) is 82.1 Å². The zero-order chi connectivity index (χ0) is 16.7. The third-order valence-electron chi connectivity index (χ3n) is 3.96. The van der Waals surface area contributed by atoms with Gasteiger partial charge in [-0.1, -0.05) is 12.1 Å². The average Bonchev–Trinajstić information content (AvgIpc) is 3.02. The van der Waals surface area contributed by atoms with Gasteiger partial charge in [-0.05, 0) is 42.5 Å². The quantitative estimate of drug-likeness (QED) is 0.536. The van der Waals surface area contributed by atoms with Gasteiger partial charge in [0, 0.05) is 11.6 Å². The summed E-state index contributed by atoms with van der Waals surface area (Å²) < 4.78 is 7.71. The van der Waals surface area contributed by atoms with Crippen LogP contribution in [0.4, 0.5) is 0 Å². The molecule has 0 atom stereocenters. The lowest BCUT2D eigenvalue weighted by Gasteiger charge is -2.05. The highest BCUT2D eigenvalue weighted by Crippen LogP contribution is 2.28. The number of thiazole rings is 1. The number of fused-ring (bicyclic) bond motifs is 3. The zero-order valence-corrected chi connectivity index (χ0v) is 13.7. The molecule has 0 saturated carbocycles. The van der Waals surface area contributed by atoms with E-state index in [2.05, 4.69) is 0 Å². The Morgan fingerprint density at radius 2 is 1.75 bits per heavy atom. The lowest BCUT2D eigenvalue weighted by molar-refractivity contribution is 0.104. The Kier molecular flexibility index (Phi) is 3.43. The third-order valence-corrected chi connectivity index (χ3v) is 5.12. The van der Waals surface area contributed by atoms with Crippen LogP contribution in [0.15, 0.2) is 65.5 Å². The van der Waals surface area contributed by atoms with Crippen LogP contribution >= 0.6 is 11.3 Å². The fraction of sp³-hybridized carbons (Fsp3) is 0.0526. The second-order valence-corrected chi connectivity index (χ2v) is 6.38. The smallest absolute Gasteiger partial charge is 0.256 e. The van der Waals surface area contributed by atoms with Crippen LogP contribution in [0.25, 0.3) is 15.0 Å². The van der Waals surface area contributed by atoms with Crippen molar-refractivity contribution in [1.82, 2.24) is 4.40 Å². The minimum Gasteiger partial charge on any atom is -0.497 e. The Morgan fingerprint density at radius 1 is 1.00 bits per heavy atom. The molecule has 0 saturated heterocycles. The first kappa shape index (κ1) is 14.7. The van der Waals surface area contributed by atoms with Gasteiger partial charge < -0.3 is 4.74 Å². The fourth-order valence-electron chi connectivity index (χ4n) is 2.75. The Balaban J connectivity index is 1.94. The number of rotatable bonds is 3. The van der Waals surface area contributed by atoms with Gasteiger partial charge >= 0.3 is 0 Å². The van der Waals surface area contributed by atoms with E-state index in [0.717, 1.165) is 10.2 Å². The highest BCUT2D eigenvalue weighted by Gasteiger charge is 2.17. The summed E-state index contributed by atoms with van der Waals surface area (Å²) in [5.74, 6) is 0.588. The van der Waals surface area contributed by atoms with E-state index in [9.17, 15) is 9.59 Å². The van der Waals surface area contributed by atoms with Gasteiger partial charge in [-0.2, -0.15) is 0 Å². The molecule has 0 amide bonds. The van der Waals surface area contributed by atoms with Gasteiger partial charge in [0.05, 0.1) is 22.9 Å². The van der Waals surface area contributed by atoms with Gasteiger partial charge in [0.15, 0.2) is 5.78 Å². The molecule has 24 heavy (non-hydrogen) atoms. The van der Waals surface area contributed by atoms with E-state index in [-0.39, 0.29) is 11.3 Å². The Hall–Kier alpha value is -2.92. The number of nitrogens with zero attached hydrogens (tertiary/aromatic N) is 1. The SMILES string of the molecule is COc1ccc(C(=O)c2ccc(=O)n3c2sc2ccccc23)cc1. The first-order chi connectivity index (χ1) is 11.7. The number of ketones is 1. The Labute approximate surface area is 141 Å². The van der Waals surface area contributed by atoms with E-state index >= 15 is 0 Å². The Bertz CT molecular complexity index is 1120. The van der Waals surface area contributed by atoms with Crippen LogP contribution in [0.5, 0.6) is 5.75 Å². The summed E-state index contributed by atoms with van der Waals surface area (Å²) in [7, 11) is 1.58. The number of carbonyl (C=O) groups excluding carboxylic acids is 1. The molecule has 0 N–H and O–H groups in total. The maximum atomic E-state index is 12.9. The maximum absolute atomic E-state index is 12.9. The standard InChI is InChI=1S/C19H13NO3S/c1-23-13-8-6-12(7-9-13)18(22)14-10-11-17(21)20-15-4-2-3-5-16(15)24-19(14)20/h2-11H,1H3. The van der Waals surface area contributed by atoms with Crippen molar-refractivity contribution in [1.29, 1.82) is 0 Å². The van der Waals surface area contributed by atoms with Crippen molar-refractivity contribution >= 4 is 32.2 Å². The molecule has 4 rings (SSSR count). The van der Waals surface area contributed by atoms with E-state index in [0.29, 0.717) is 21.7 Å². The van der Waals surface area contributed by atoms with Crippen molar-refractivity contribution in [2.24, 2.45) is 0 Å². The summed E-state index contributed by atoms with van der Waals surface area (Å²) in [6.45, 7) is 0. The maximum Gasteiger partial charge on any atom is 0.256 e. The van der Waals surface area contributed by atoms with E-state index in [4.69, 9.17) is 4.74 Å². The van der Waals surface area contributed by atoms with Crippen molar-refractivity contribution in [2.45, 2.75) is 0 Å². The molecule has 5 heteroatoms.